The van der Waals surface area contributed by atoms with E-state index in [2.05, 4.69) is 31.1 Å². The van der Waals surface area contributed by atoms with E-state index in [4.69, 9.17) is 4.74 Å². The van der Waals surface area contributed by atoms with Crippen LogP contribution in [0.25, 0.3) is 0 Å². The van der Waals surface area contributed by atoms with E-state index in [-0.39, 0.29) is 5.41 Å². The second kappa shape index (κ2) is 4.96. The maximum absolute atomic E-state index is 11.7. The van der Waals surface area contributed by atoms with Crippen LogP contribution in [0.1, 0.15) is 47.1 Å². The van der Waals surface area contributed by atoms with E-state index >= 15 is 0 Å². The SMILES string of the molecule is CC(C)(C)OC(=O)Nc1ncccc1C(C)(C)C. The van der Waals surface area contributed by atoms with Crippen LogP contribution in [0.15, 0.2) is 18.3 Å². The molecule has 0 spiro atoms. The summed E-state index contributed by atoms with van der Waals surface area (Å²) in [6, 6.07) is 3.82. The fraction of sp³-hybridized carbons (Fsp3) is 0.571. The van der Waals surface area contributed by atoms with Crippen LogP contribution in [0.5, 0.6) is 0 Å². The van der Waals surface area contributed by atoms with Gasteiger partial charge in [0.15, 0.2) is 0 Å². The fourth-order valence-electron chi connectivity index (χ4n) is 1.51. The number of hydrogen-bond acceptors (Lipinski definition) is 3. The van der Waals surface area contributed by atoms with Gasteiger partial charge in [0.05, 0.1) is 0 Å². The Labute approximate surface area is 109 Å². The Bertz CT molecular complexity index is 428. The average Bonchev–Trinajstić information content (AvgIpc) is 2.13. The number of rotatable bonds is 1. The van der Waals surface area contributed by atoms with Crippen molar-refractivity contribution in [2.24, 2.45) is 0 Å². The maximum Gasteiger partial charge on any atom is 0.413 e. The lowest BCUT2D eigenvalue weighted by atomic mass is 9.87. The fourth-order valence-corrected chi connectivity index (χ4v) is 1.51. The van der Waals surface area contributed by atoms with E-state index in [0.29, 0.717) is 5.82 Å². The molecular formula is C14H22N2O2. The molecule has 1 amide bonds. The summed E-state index contributed by atoms with van der Waals surface area (Å²) < 4.78 is 5.22. The van der Waals surface area contributed by atoms with Gasteiger partial charge in [0.25, 0.3) is 0 Å². The molecule has 0 aliphatic heterocycles. The van der Waals surface area contributed by atoms with Crippen LogP contribution in [-0.2, 0) is 10.2 Å². The average molecular weight is 250 g/mol. The Kier molecular flexibility index (Phi) is 3.99. The predicted octanol–water partition coefficient (Wildman–Crippen LogP) is 3.73. The largest absolute Gasteiger partial charge is 0.444 e. The van der Waals surface area contributed by atoms with Gasteiger partial charge in [0, 0.05) is 11.8 Å². The molecule has 0 aromatic carbocycles. The molecule has 0 saturated carbocycles. The van der Waals surface area contributed by atoms with Crippen LogP contribution in [-0.4, -0.2) is 16.7 Å². The third-order valence-electron chi connectivity index (χ3n) is 2.24. The standard InChI is InChI=1S/C14H22N2O2/c1-13(2,3)10-8-7-9-15-11(10)16-12(17)18-14(4,5)6/h7-9H,1-6H3,(H,15,16,17). The highest BCUT2D eigenvalue weighted by molar-refractivity contribution is 5.84. The van der Waals surface area contributed by atoms with Crippen molar-refractivity contribution in [3.8, 4) is 0 Å². The predicted molar refractivity (Wildman–Crippen MR) is 72.8 cm³/mol. The van der Waals surface area contributed by atoms with Crippen molar-refractivity contribution in [3.63, 3.8) is 0 Å². The zero-order valence-electron chi connectivity index (χ0n) is 12.0. The van der Waals surface area contributed by atoms with Gasteiger partial charge in [0.2, 0.25) is 0 Å². The first-order valence-corrected chi connectivity index (χ1v) is 6.05. The minimum Gasteiger partial charge on any atom is -0.444 e. The second-order valence-electron chi connectivity index (χ2n) is 6.28. The van der Waals surface area contributed by atoms with Crippen LogP contribution in [0.4, 0.5) is 10.6 Å². The maximum atomic E-state index is 11.7. The molecule has 1 aromatic rings. The van der Waals surface area contributed by atoms with Crippen LogP contribution in [0, 0.1) is 0 Å². The summed E-state index contributed by atoms with van der Waals surface area (Å²) in [4.78, 5) is 15.9. The van der Waals surface area contributed by atoms with Crippen molar-refractivity contribution in [1.29, 1.82) is 0 Å². The van der Waals surface area contributed by atoms with Crippen LogP contribution in [0.2, 0.25) is 0 Å². The van der Waals surface area contributed by atoms with Gasteiger partial charge < -0.3 is 4.74 Å². The van der Waals surface area contributed by atoms with Crippen molar-refractivity contribution >= 4 is 11.9 Å². The lowest BCUT2D eigenvalue weighted by Gasteiger charge is -2.23. The second-order valence-corrected chi connectivity index (χ2v) is 6.28. The highest BCUT2D eigenvalue weighted by Crippen LogP contribution is 2.27. The number of pyridine rings is 1. The van der Waals surface area contributed by atoms with E-state index in [1.807, 2.05) is 32.9 Å². The highest BCUT2D eigenvalue weighted by atomic mass is 16.6. The molecule has 4 heteroatoms. The van der Waals surface area contributed by atoms with Gasteiger partial charge in [-0.25, -0.2) is 9.78 Å². The molecular weight excluding hydrogens is 228 g/mol. The number of carbonyl (C=O) groups is 1. The first kappa shape index (κ1) is 14.5. The van der Waals surface area contributed by atoms with Crippen molar-refractivity contribution in [3.05, 3.63) is 23.9 Å². The van der Waals surface area contributed by atoms with Gasteiger partial charge in [0.1, 0.15) is 11.4 Å². The molecule has 1 aromatic heterocycles. The Morgan fingerprint density at radius 2 is 1.83 bits per heavy atom. The molecule has 0 aliphatic carbocycles. The number of anilines is 1. The zero-order chi connectivity index (χ0) is 14.0. The smallest absolute Gasteiger partial charge is 0.413 e. The van der Waals surface area contributed by atoms with Crippen molar-refractivity contribution in [2.75, 3.05) is 5.32 Å². The van der Waals surface area contributed by atoms with Gasteiger partial charge in [-0.05, 0) is 32.3 Å². The third kappa shape index (κ3) is 4.35. The molecule has 0 aliphatic rings. The van der Waals surface area contributed by atoms with Gasteiger partial charge in [-0.3, -0.25) is 5.32 Å². The minimum absolute atomic E-state index is 0.0847. The number of carbonyl (C=O) groups excluding carboxylic acids is 1. The zero-order valence-corrected chi connectivity index (χ0v) is 12.0. The molecule has 0 radical (unpaired) electrons. The van der Waals surface area contributed by atoms with Crippen LogP contribution in [0.3, 0.4) is 0 Å². The molecule has 1 heterocycles. The first-order chi connectivity index (χ1) is 8.09. The third-order valence-corrected chi connectivity index (χ3v) is 2.24. The van der Waals surface area contributed by atoms with Gasteiger partial charge in [-0.15, -0.1) is 0 Å². The number of nitrogens with one attached hydrogen (secondary N) is 1. The van der Waals surface area contributed by atoms with Crippen LogP contribution < -0.4 is 5.32 Å². The number of nitrogens with zero attached hydrogens (tertiary/aromatic N) is 1. The summed E-state index contributed by atoms with van der Waals surface area (Å²) in [5, 5.41) is 2.70. The first-order valence-electron chi connectivity index (χ1n) is 6.05. The van der Waals surface area contributed by atoms with Gasteiger partial charge in [-0.2, -0.15) is 0 Å². The van der Waals surface area contributed by atoms with E-state index in [1.54, 1.807) is 6.20 Å². The van der Waals surface area contributed by atoms with Crippen molar-refractivity contribution < 1.29 is 9.53 Å². The molecule has 0 fully saturated rings. The summed E-state index contributed by atoms with van der Waals surface area (Å²) in [5.41, 5.74) is 0.384. The lowest BCUT2D eigenvalue weighted by Crippen LogP contribution is -2.28. The Morgan fingerprint density at radius 1 is 1.22 bits per heavy atom. The van der Waals surface area contributed by atoms with Gasteiger partial charge in [-0.1, -0.05) is 26.8 Å². The number of aromatic nitrogens is 1. The Balaban J connectivity index is 2.89. The normalized spacial score (nSPS) is 12.1. The molecule has 0 bridgehead atoms. The molecule has 100 valence electrons. The van der Waals surface area contributed by atoms with E-state index in [9.17, 15) is 4.79 Å². The monoisotopic (exact) mass is 250 g/mol. The minimum atomic E-state index is -0.513. The number of ether oxygens (including phenoxy) is 1. The molecule has 0 atom stereocenters. The molecule has 0 unspecified atom stereocenters. The van der Waals surface area contributed by atoms with E-state index < -0.39 is 11.7 Å². The summed E-state index contributed by atoms with van der Waals surface area (Å²) in [5.74, 6) is 0.555. The molecule has 18 heavy (non-hydrogen) atoms. The summed E-state index contributed by atoms with van der Waals surface area (Å²) in [7, 11) is 0. The lowest BCUT2D eigenvalue weighted by molar-refractivity contribution is 0.0635. The molecule has 0 saturated heterocycles. The molecule has 4 nitrogen and oxygen atoms in total. The quantitative estimate of drug-likeness (QED) is 0.826. The summed E-state index contributed by atoms with van der Waals surface area (Å²) in [6.45, 7) is 11.7. The van der Waals surface area contributed by atoms with E-state index in [1.165, 1.54) is 0 Å². The molecule has 1 N–H and O–H groups in total. The molecule has 1 rings (SSSR count). The van der Waals surface area contributed by atoms with E-state index in [0.717, 1.165) is 5.56 Å². The highest BCUT2D eigenvalue weighted by Gasteiger charge is 2.22. The number of hydrogen-bond donors (Lipinski definition) is 1. The van der Waals surface area contributed by atoms with Gasteiger partial charge >= 0.3 is 6.09 Å². The Morgan fingerprint density at radius 3 is 2.33 bits per heavy atom. The van der Waals surface area contributed by atoms with Crippen LogP contribution >= 0.6 is 0 Å². The summed E-state index contributed by atoms with van der Waals surface area (Å²) >= 11 is 0. The number of amides is 1. The van der Waals surface area contributed by atoms with Crippen molar-refractivity contribution in [1.82, 2.24) is 4.98 Å². The summed E-state index contributed by atoms with van der Waals surface area (Å²) in [6.07, 6.45) is 1.17. The Hall–Kier alpha value is -1.58. The van der Waals surface area contributed by atoms with Crippen molar-refractivity contribution in [2.45, 2.75) is 52.6 Å². The topological polar surface area (TPSA) is 51.2 Å².